The molecule has 0 radical (unpaired) electrons. The van der Waals surface area contributed by atoms with Crippen molar-refractivity contribution in [3.05, 3.63) is 22.2 Å². The van der Waals surface area contributed by atoms with E-state index in [1.807, 2.05) is 0 Å². The molecule has 2 aliphatic rings. The van der Waals surface area contributed by atoms with E-state index in [1.165, 1.54) is 24.0 Å². The molecule has 0 aromatic carbocycles. The highest BCUT2D eigenvalue weighted by Gasteiger charge is 2.55. The van der Waals surface area contributed by atoms with Crippen molar-refractivity contribution in [2.24, 2.45) is 4.99 Å². The Kier molecular flexibility index (Phi) is 6.48. The van der Waals surface area contributed by atoms with Crippen LogP contribution in [0.3, 0.4) is 0 Å². The molecule has 2 aromatic rings. The number of hydrogen-bond donors (Lipinski definition) is 8. The fraction of sp³-hybridized carbons (Fsp3) is 0.462. The van der Waals surface area contributed by atoms with Crippen molar-refractivity contribution in [1.29, 1.82) is 0 Å². The fourth-order valence-electron chi connectivity index (χ4n) is 3.60. The molecular formula is C13H18N5O14P3. The molecule has 22 heteroatoms. The molecule has 1 fully saturated rings. The van der Waals surface area contributed by atoms with E-state index in [1.54, 1.807) is 0 Å². The average molecular weight is 561 g/mol. The fourth-order valence-corrected chi connectivity index (χ4v) is 6.63. The van der Waals surface area contributed by atoms with E-state index in [4.69, 9.17) is 14.5 Å². The summed E-state index contributed by atoms with van der Waals surface area (Å²) >= 11 is 0. The maximum absolute atomic E-state index is 12.0. The van der Waals surface area contributed by atoms with Crippen LogP contribution < -0.4 is 11.1 Å². The number of ether oxygens (including phenoxy) is 1. The van der Waals surface area contributed by atoms with Gasteiger partial charge in [-0.3, -0.25) is 14.6 Å². The van der Waals surface area contributed by atoms with Gasteiger partial charge in [-0.05, 0) is 13.0 Å². The van der Waals surface area contributed by atoms with Gasteiger partial charge in [-0.1, -0.05) is 0 Å². The molecule has 6 atom stereocenters. The van der Waals surface area contributed by atoms with Crippen LogP contribution in [0, 0.1) is 0 Å². The summed E-state index contributed by atoms with van der Waals surface area (Å²) in [6.07, 6.45) is -3.38. The third kappa shape index (κ3) is 5.33. The highest BCUT2D eigenvalue weighted by atomic mass is 31.3. The largest absolute Gasteiger partial charge is 0.490 e. The number of nitrogens with zero attached hydrogens (tertiary/aromatic N) is 3. The van der Waals surface area contributed by atoms with Gasteiger partial charge < -0.3 is 39.5 Å². The van der Waals surface area contributed by atoms with Crippen LogP contribution in [0.25, 0.3) is 11.0 Å². The number of phosphoric ester groups is 1. The molecule has 0 saturated carbocycles. The second-order valence-corrected chi connectivity index (χ2v) is 12.0. The molecule has 19 nitrogen and oxygen atoms in total. The third-order valence-electron chi connectivity index (χ3n) is 4.94. The first-order valence-electron chi connectivity index (χ1n) is 9.28. The molecule has 0 bridgehead atoms. The summed E-state index contributed by atoms with van der Waals surface area (Å²) < 4.78 is 52.8. The number of aliphatic imine (C=N–C) groups is 1. The van der Waals surface area contributed by atoms with E-state index >= 15 is 0 Å². The SMILES string of the molecule is C[C@@]1(O)[C@H](O)[C@@H](COP(=O)(O)OP(=O)(O)OP(=O)(O)O)O[C@H]1c1cc2[nH]c(=O)nc3c2n1NC=N3. The zero-order chi connectivity index (χ0) is 26.0. The Balaban J connectivity index is 1.54. The molecule has 2 aliphatic heterocycles. The quantitative estimate of drug-likeness (QED) is 0.176. The predicted molar refractivity (Wildman–Crippen MR) is 112 cm³/mol. The summed E-state index contributed by atoms with van der Waals surface area (Å²) in [5.41, 5.74) is 0.803. The number of H-pyrrole nitrogens is 1. The first kappa shape index (κ1) is 26.2. The van der Waals surface area contributed by atoms with Crippen LogP contribution in [-0.4, -0.2) is 75.2 Å². The number of aliphatic hydroxyl groups is 2. The predicted octanol–water partition coefficient (Wildman–Crippen LogP) is -1.16. The Morgan fingerprint density at radius 1 is 1.20 bits per heavy atom. The van der Waals surface area contributed by atoms with Gasteiger partial charge in [0.1, 0.15) is 35.8 Å². The number of rotatable bonds is 8. The molecule has 0 spiro atoms. The maximum Gasteiger partial charge on any atom is 0.490 e. The number of aromatic nitrogens is 3. The summed E-state index contributed by atoms with van der Waals surface area (Å²) in [6, 6.07) is 1.42. The molecule has 2 unspecified atom stereocenters. The van der Waals surface area contributed by atoms with Gasteiger partial charge in [0.15, 0.2) is 5.82 Å². The van der Waals surface area contributed by atoms with Crippen molar-refractivity contribution < 1.29 is 61.4 Å². The van der Waals surface area contributed by atoms with Crippen molar-refractivity contribution in [3.8, 4) is 0 Å². The molecular weight excluding hydrogens is 543 g/mol. The Hall–Kier alpha value is -1.82. The first-order valence-corrected chi connectivity index (χ1v) is 13.8. The molecule has 8 N–H and O–H groups in total. The van der Waals surface area contributed by atoms with Crippen molar-refractivity contribution >= 4 is 46.7 Å². The molecule has 35 heavy (non-hydrogen) atoms. The topological polar surface area (TPSA) is 285 Å². The van der Waals surface area contributed by atoms with Gasteiger partial charge in [-0.15, -0.1) is 0 Å². The van der Waals surface area contributed by atoms with Crippen molar-refractivity contribution in [1.82, 2.24) is 14.6 Å². The van der Waals surface area contributed by atoms with Gasteiger partial charge in [0.2, 0.25) is 0 Å². The smallest absolute Gasteiger partial charge is 0.387 e. The normalized spacial score (nSPS) is 29.6. The van der Waals surface area contributed by atoms with E-state index in [2.05, 4.69) is 33.5 Å². The number of aromatic amines is 1. The average Bonchev–Trinajstić information content (AvgIpc) is 3.13. The van der Waals surface area contributed by atoms with Crippen LogP contribution in [0.15, 0.2) is 15.9 Å². The van der Waals surface area contributed by atoms with Crippen LogP contribution in [0.5, 0.6) is 0 Å². The first-order chi connectivity index (χ1) is 16.0. The number of aliphatic hydroxyl groups excluding tert-OH is 1. The Labute approximate surface area is 193 Å². The Morgan fingerprint density at radius 3 is 2.54 bits per heavy atom. The highest BCUT2D eigenvalue weighted by molar-refractivity contribution is 7.66. The van der Waals surface area contributed by atoms with E-state index < -0.39 is 59.7 Å². The molecule has 4 heterocycles. The minimum absolute atomic E-state index is 0.0659. The zero-order valence-electron chi connectivity index (χ0n) is 17.2. The summed E-state index contributed by atoms with van der Waals surface area (Å²) in [5, 5.41) is 21.5. The summed E-state index contributed by atoms with van der Waals surface area (Å²) in [7, 11) is -16.8. The highest BCUT2D eigenvalue weighted by Crippen LogP contribution is 2.66. The van der Waals surface area contributed by atoms with Crippen LogP contribution in [-0.2, 0) is 31.6 Å². The number of hydrogen-bond acceptors (Lipinski definition) is 13. The molecule has 1 saturated heterocycles. The number of phosphoric acid groups is 3. The van der Waals surface area contributed by atoms with E-state index in [9.17, 15) is 38.5 Å². The monoisotopic (exact) mass is 561 g/mol. The lowest BCUT2D eigenvalue weighted by Gasteiger charge is -2.27. The van der Waals surface area contributed by atoms with Crippen molar-refractivity contribution in [3.63, 3.8) is 0 Å². The molecule has 2 aromatic heterocycles. The van der Waals surface area contributed by atoms with E-state index in [0.717, 1.165) is 0 Å². The molecule has 0 aliphatic carbocycles. The van der Waals surface area contributed by atoms with Gasteiger partial charge in [0.05, 0.1) is 17.8 Å². The van der Waals surface area contributed by atoms with E-state index in [0.29, 0.717) is 5.52 Å². The van der Waals surface area contributed by atoms with Gasteiger partial charge in [0, 0.05) is 0 Å². The van der Waals surface area contributed by atoms with E-state index in [-0.39, 0.29) is 17.0 Å². The Bertz CT molecular complexity index is 1400. The molecule has 0 amide bonds. The lowest BCUT2D eigenvalue weighted by atomic mass is 9.91. The van der Waals surface area contributed by atoms with Gasteiger partial charge in [-0.25, -0.2) is 23.5 Å². The third-order valence-corrected chi connectivity index (χ3v) is 8.75. The zero-order valence-corrected chi connectivity index (χ0v) is 19.9. The summed E-state index contributed by atoms with van der Waals surface area (Å²) in [5.74, 6) is 0.0659. The lowest BCUT2D eigenvalue weighted by Crippen LogP contribution is -2.43. The minimum Gasteiger partial charge on any atom is -0.387 e. The van der Waals surface area contributed by atoms with Crippen LogP contribution >= 0.6 is 23.5 Å². The lowest BCUT2D eigenvalue weighted by molar-refractivity contribution is -0.0665. The van der Waals surface area contributed by atoms with Crippen LogP contribution in [0.4, 0.5) is 5.82 Å². The second kappa shape index (κ2) is 8.64. The summed E-state index contributed by atoms with van der Waals surface area (Å²) in [6.45, 7) is 0.202. The van der Waals surface area contributed by atoms with Crippen LogP contribution in [0.2, 0.25) is 0 Å². The Morgan fingerprint density at radius 2 is 1.89 bits per heavy atom. The summed E-state index contributed by atoms with van der Waals surface area (Å²) in [4.78, 5) is 57.9. The van der Waals surface area contributed by atoms with Gasteiger partial charge in [0.25, 0.3) is 0 Å². The van der Waals surface area contributed by atoms with Gasteiger partial charge >= 0.3 is 29.2 Å². The molecule has 4 rings (SSSR count). The van der Waals surface area contributed by atoms with Crippen molar-refractivity contribution in [2.75, 3.05) is 12.0 Å². The van der Waals surface area contributed by atoms with Gasteiger partial charge in [-0.2, -0.15) is 13.6 Å². The maximum atomic E-state index is 12.0. The van der Waals surface area contributed by atoms with Crippen molar-refractivity contribution in [2.45, 2.75) is 30.8 Å². The number of nitrogens with one attached hydrogen (secondary N) is 2. The minimum atomic E-state index is -5.74. The van der Waals surface area contributed by atoms with Crippen LogP contribution in [0.1, 0.15) is 18.7 Å². The standard InChI is InChI=1S/C13H18N5O14P3/c1-13(21)9(19)7(3-29-34(25,26)32-35(27,28)31-33(22,23)24)30-10(13)6-2-5-8-11(17-12(20)16-5)14-4-15-18(6)8/h2,4,7,9-10,19,21H,3H2,1H3,(H,25,26)(H,27,28)(H2,22,23,24)(H2,14,15,16,17,20)/t7-,9-,10+,13-/m1/s1. The molecule has 194 valence electrons. The second-order valence-electron chi connectivity index (χ2n) is 7.53.